The van der Waals surface area contributed by atoms with E-state index in [0.717, 1.165) is 31.1 Å². The van der Waals surface area contributed by atoms with Gasteiger partial charge in [-0.1, -0.05) is 39.5 Å². The number of hydrogen-bond donors (Lipinski definition) is 1. The number of anilines is 1. The Morgan fingerprint density at radius 2 is 1.85 bits per heavy atom. The molecule has 0 aromatic carbocycles. The Kier molecular flexibility index (Phi) is 6.28. The third-order valence-electron chi connectivity index (χ3n) is 4.13. The van der Waals surface area contributed by atoms with Crippen LogP contribution in [0.4, 0.5) is 5.82 Å². The van der Waals surface area contributed by atoms with E-state index >= 15 is 0 Å². The Hall–Kier alpha value is -1.12. The van der Waals surface area contributed by atoms with Gasteiger partial charge in [0.05, 0.1) is 0 Å². The van der Waals surface area contributed by atoms with Crippen molar-refractivity contribution >= 4 is 5.82 Å². The zero-order valence-corrected chi connectivity index (χ0v) is 13.1. The van der Waals surface area contributed by atoms with E-state index in [1.807, 2.05) is 0 Å². The van der Waals surface area contributed by atoms with Crippen molar-refractivity contribution in [1.29, 1.82) is 0 Å². The molecule has 0 aliphatic heterocycles. The van der Waals surface area contributed by atoms with E-state index in [0.29, 0.717) is 0 Å². The molecule has 1 aromatic rings. The third-order valence-corrected chi connectivity index (χ3v) is 4.13. The minimum atomic E-state index is 0.848. The first-order valence-electron chi connectivity index (χ1n) is 8.34. The molecule has 3 heteroatoms. The number of aryl methyl sites for hydroxylation is 1. The predicted octanol–water partition coefficient (Wildman–Crippen LogP) is 4.37. The normalized spacial score (nSPS) is 14.3. The van der Waals surface area contributed by atoms with Crippen molar-refractivity contribution in [3.05, 3.63) is 17.6 Å². The van der Waals surface area contributed by atoms with Crippen LogP contribution < -0.4 is 5.32 Å². The minimum Gasteiger partial charge on any atom is -0.370 e. The number of hydrogen-bond acceptors (Lipinski definition) is 3. The molecular formula is C17H29N3. The van der Waals surface area contributed by atoms with Crippen LogP contribution in [0.25, 0.3) is 0 Å². The lowest BCUT2D eigenvalue weighted by atomic mass is 9.96. The third kappa shape index (κ3) is 4.77. The highest BCUT2D eigenvalue weighted by Crippen LogP contribution is 2.24. The van der Waals surface area contributed by atoms with Crippen LogP contribution in [0.15, 0.2) is 6.33 Å². The first kappa shape index (κ1) is 15.3. The monoisotopic (exact) mass is 275 g/mol. The highest BCUT2D eigenvalue weighted by atomic mass is 15.0. The van der Waals surface area contributed by atoms with Crippen molar-refractivity contribution in [3.8, 4) is 0 Å². The van der Waals surface area contributed by atoms with Crippen molar-refractivity contribution in [1.82, 2.24) is 9.97 Å². The van der Waals surface area contributed by atoms with Crippen molar-refractivity contribution in [2.45, 2.75) is 71.6 Å². The molecule has 112 valence electrons. The SMILES string of the molecule is CC(C)CCCCCCNc1ncnc2c1CCCC2. The van der Waals surface area contributed by atoms with Crippen LogP contribution in [0.5, 0.6) is 0 Å². The molecular weight excluding hydrogens is 246 g/mol. The molecule has 0 atom stereocenters. The Bertz CT molecular complexity index is 401. The van der Waals surface area contributed by atoms with E-state index < -0.39 is 0 Å². The Morgan fingerprint density at radius 1 is 1.05 bits per heavy atom. The highest BCUT2D eigenvalue weighted by Gasteiger charge is 2.14. The maximum absolute atomic E-state index is 4.43. The van der Waals surface area contributed by atoms with E-state index in [1.165, 1.54) is 56.2 Å². The zero-order chi connectivity index (χ0) is 14.2. The summed E-state index contributed by atoms with van der Waals surface area (Å²) in [7, 11) is 0. The molecule has 2 rings (SSSR count). The van der Waals surface area contributed by atoms with Crippen LogP contribution in [-0.4, -0.2) is 16.5 Å². The average molecular weight is 275 g/mol. The Morgan fingerprint density at radius 3 is 2.70 bits per heavy atom. The second-order valence-corrected chi connectivity index (χ2v) is 6.38. The Labute approximate surface area is 123 Å². The summed E-state index contributed by atoms with van der Waals surface area (Å²) in [6, 6.07) is 0. The smallest absolute Gasteiger partial charge is 0.132 e. The molecule has 0 fully saturated rings. The molecule has 20 heavy (non-hydrogen) atoms. The van der Waals surface area contributed by atoms with E-state index in [9.17, 15) is 0 Å². The van der Waals surface area contributed by atoms with Gasteiger partial charge in [0.25, 0.3) is 0 Å². The van der Waals surface area contributed by atoms with Crippen LogP contribution in [0, 0.1) is 5.92 Å². The quantitative estimate of drug-likeness (QED) is 0.716. The van der Waals surface area contributed by atoms with Gasteiger partial charge >= 0.3 is 0 Å². The molecule has 1 N–H and O–H groups in total. The van der Waals surface area contributed by atoms with Gasteiger partial charge in [0.1, 0.15) is 12.1 Å². The molecule has 1 aromatic heterocycles. The van der Waals surface area contributed by atoms with E-state index in [1.54, 1.807) is 6.33 Å². The maximum atomic E-state index is 4.43. The maximum Gasteiger partial charge on any atom is 0.132 e. The largest absolute Gasteiger partial charge is 0.370 e. The first-order chi connectivity index (χ1) is 9.77. The van der Waals surface area contributed by atoms with Crippen LogP contribution in [0.3, 0.4) is 0 Å². The van der Waals surface area contributed by atoms with Gasteiger partial charge in [0, 0.05) is 17.8 Å². The summed E-state index contributed by atoms with van der Waals surface area (Å²) in [4.78, 5) is 8.84. The standard InChI is InChI=1S/C17H29N3/c1-14(2)9-5-3-4-8-12-18-17-15-10-6-7-11-16(15)19-13-20-17/h13-14H,3-12H2,1-2H3,(H,18,19,20). The van der Waals surface area contributed by atoms with E-state index in [-0.39, 0.29) is 0 Å². The summed E-state index contributed by atoms with van der Waals surface area (Å²) in [5, 5.41) is 3.52. The summed E-state index contributed by atoms with van der Waals surface area (Å²) < 4.78 is 0. The van der Waals surface area contributed by atoms with Crippen molar-refractivity contribution < 1.29 is 0 Å². The van der Waals surface area contributed by atoms with E-state index in [4.69, 9.17) is 0 Å². The molecule has 0 saturated carbocycles. The van der Waals surface area contributed by atoms with Gasteiger partial charge in [-0.2, -0.15) is 0 Å². The van der Waals surface area contributed by atoms with Crippen molar-refractivity contribution in [3.63, 3.8) is 0 Å². The second kappa shape index (κ2) is 8.23. The predicted molar refractivity (Wildman–Crippen MR) is 85.1 cm³/mol. The van der Waals surface area contributed by atoms with Gasteiger partial charge in [-0.25, -0.2) is 9.97 Å². The molecule has 0 unspecified atom stereocenters. The molecule has 3 nitrogen and oxygen atoms in total. The van der Waals surface area contributed by atoms with Crippen LogP contribution in [-0.2, 0) is 12.8 Å². The molecule has 0 spiro atoms. The fraction of sp³-hybridized carbons (Fsp3) is 0.765. The zero-order valence-electron chi connectivity index (χ0n) is 13.1. The molecule has 0 bridgehead atoms. The van der Waals surface area contributed by atoms with Gasteiger partial charge in [-0.3, -0.25) is 0 Å². The fourth-order valence-corrected chi connectivity index (χ4v) is 2.91. The first-order valence-corrected chi connectivity index (χ1v) is 8.34. The number of nitrogens with one attached hydrogen (secondary N) is 1. The summed E-state index contributed by atoms with van der Waals surface area (Å²) in [6.07, 6.45) is 13.2. The van der Waals surface area contributed by atoms with Crippen molar-refractivity contribution in [2.24, 2.45) is 5.92 Å². The van der Waals surface area contributed by atoms with Crippen molar-refractivity contribution in [2.75, 3.05) is 11.9 Å². The lowest BCUT2D eigenvalue weighted by Gasteiger charge is -2.18. The van der Waals surface area contributed by atoms with Gasteiger partial charge < -0.3 is 5.32 Å². The molecule has 0 amide bonds. The molecule has 0 saturated heterocycles. The number of nitrogens with zero attached hydrogens (tertiary/aromatic N) is 2. The summed E-state index contributed by atoms with van der Waals surface area (Å²) in [6.45, 7) is 5.66. The topological polar surface area (TPSA) is 37.8 Å². The van der Waals surface area contributed by atoms with Gasteiger partial charge in [-0.05, 0) is 38.0 Å². The van der Waals surface area contributed by atoms with Crippen LogP contribution in [0.2, 0.25) is 0 Å². The lowest BCUT2D eigenvalue weighted by molar-refractivity contribution is 0.523. The molecule has 1 heterocycles. The highest BCUT2D eigenvalue weighted by molar-refractivity contribution is 5.46. The Balaban J connectivity index is 1.67. The number of fused-ring (bicyclic) bond motifs is 1. The lowest BCUT2D eigenvalue weighted by Crippen LogP contribution is -2.12. The average Bonchev–Trinajstić information content (AvgIpc) is 2.46. The van der Waals surface area contributed by atoms with Gasteiger partial charge in [0.15, 0.2) is 0 Å². The van der Waals surface area contributed by atoms with Crippen LogP contribution in [0.1, 0.15) is 70.1 Å². The van der Waals surface area contributed by atoms with E-state index in [2.05, 4.69) is 29.1 Å². The summed E-state index contributed by atoms with van der Waals surface area (Å²) in [5.74, 6) is 1.94. The molecule has 1 aliphatic rings. The molecule has 0 radical (unpaired) electrons. The van der Waals surface area contributed by atoms with Crippen LogP contribution >= 0.6 is 0 Å². The summed E-state index contributed by atoms with van der Waals surface area (Å²) >= 11 is 0. The van der Waals surface area contributed by atoms with Gasteiger partial charge in [0.2, 0.25) is 0 Å². The number of rotatable bonds is 8. The summed E-state index contributed by atoms with van der Waals surface area (Å²) in [5.41, 5.74) is 2.64. The second-order valence-electron chi connectivity index (χ2n) is 6.38. The number of aromatic nitrogens is 2. The minimum absolute atomic E-state index is 0.848. The molecule has 1 aliphatic carbocycles. The number of unbranched alkanes of at least 4 members (excludes halogenated alkanes) is 3. The van der Waals surface area contributed by atoms with Gasteiger partial charge in [-0.15, -0.1) is 0 Å². The fourth-order valence-electron chi connectivity index (χ4n) is 2.91.